The van der Waals surface area contributed by atoms with Crippen molar-refractivity contribution in [3.8, 4) is 22.9 Å². The molecule has 0 fully saturated rings. The number of fused-ring (bicyclic) bond motifs is 1. The maximum absolute atomic E-state index is 13.3. The molecule has 0 atom stereocenters. The van der Waals surface area contributed by atoms with Gasteiger partial charge in [-0.15, -0.1) is 0 Å². The van der Waals surface area contributed by atoms with Crippen molar-refractivity contribution in [1.82, 2.24) is 9.55 Å². The van der Waals surface area contributed by atoms with Crippen molar-refractivity contribution in [1.29, 1.82) is 0 Å². The number of pyridine rings is 2. The smallest absolute Gasteiger partial charge is 0.273 e. The number of hydrogen-bond acceptors (Lipinski definition) is 6. The Morgan fingerprint density at radius 3 is 2.32 bits per heavy atom. The van der Waals surface area contributed by atoms with E-state index in [0.29, 0.717) is 22.9 Å². The number of benzene rings is 2. The second kappa shape index (κ2) is 8.19. The van der Waals surface area contributed by atoms with Crippen LogP contribution in [0.15, 0.2) is 71.7 Å². The normalized spacial score (nSPS) is 10.6. The molecule has 0 spiro atoms. The molecule has 2 aromatic carbocycles. The number of methoxy groups -OCH3 is 2. The fraction of sp³-hybridized carbons (Fsp3) is 0.0870. The molecule has 0 unspecified atom stereocenters. The van der Waals surface area contributed by atoms with Gasteiger partial charge in [0.1, 0.15) is 22.8 Å². The number of aromatic nitrogens is 2. The van der Waals surface area contributed by atoms with Crippen LogP contribution in [-0.2, 0) is 0 Å². The predicted octanol–water partition coefficient (Wildman–Crippen LogP) is 3.36. The van der Waals surface area contributed by atoms with E-state index in [1.165, 1.54) is 25.0 Å². The summed E-state index contributed by atoms with van der Waals surface area (Å²) in [6, 6.07) is 16.8. The molecule has 0 saturated heterocycles. The minimum atomic E-state index is -0.770. The van der Waals surface area contributed by atoms with Crippen LogP contribution in [0.3, 0.4) is 0 Å². The van der Waals surface area contributed by atoms with E-state index in [-0.39, 0.29) is 11.0 Å². The van der Waals surface area contributed by atoms with Gasteiger partial charge in [0, 0.05) is 30.1 Å². The number of nitrogens with zero attached hydrogens (tertiary/aromatic N) is 2. The minimum Gasteiger partial charge on any atom is -0.506 e. The molecular formula is C23H19N3O5. The molecule has 8 nitrogen and oxygen atoms in total. The maximum Gasteiger partial charge on any atom is 0.273 e. The number of rotatable bonds is 5. The SMILES string of the molecule is COc1cc(NC(=O)c2c(O)c3cccnc3n(-c3ccccc3)c2=O)cc(OC)c1. The molecule has 0 aliphatic carbocycles. The number of para-hydroxylation sites is 1. The predicted molar refractivity (Wildman–Crippen MR) is 117 cm³/mol. The Bertz CT molecular complexity index is 1310. The van der Waals surface area contributed by atoms with Crippen molar-refractivity contribution in [2.24, 2.45) is 0 Å². The number of nitrogens with one attached hydrogen (secondary N) is 1. The van der Waals surface area contributed by atoms with E-state index in [9.17, 15) is 14.7 Å². The molecule has 1 amide bonds. The third kappa shape index (κ3) is 3.66. The second-order valence-electron chi connectivity index (χ2n) is 6.63. The molecule has 0 aliphatic heterocycles. The van der Waals surface area contributed by atoms with Gasteiger partial charge in [-0.05, 0) is 24.3 Å². The molecule has 4 aromatic rings. The highest BCUT2D eigenvalue weighted by molar-refractivity contribution is 6.09. The highest BCUT2D eigenvalue weighted by Gasteiger charge is 2.24. The summed E-state index contributed by atoms with van der Waals surface area (Å²) in [4.78, 5) is 30.7. The molecule has 0 radical (unpaired) electrons. The quantitative estimate of drug-likeness (QED) is 0.516. The summed E-state index contributed by atoms with van der Waals surface area (Å²) in [5.41, 5.74) is 0.0232. The molecule has 0 aliphatic rings. The van der Waals surface area contributed by atoms with Crippen molar-refractivity contribution in [2.75, 3.05) is 19.5 Å². The number of amides is 1. The monoisotopic (exact) mass is 417 g/mol. The fourth-order valence-electron chi connectivity index (χ4n) is 3.30. The average Bonchev–Trinajstić information content (AvgIpc) is 2.79. The fourth-order valence-corrected chi connectivity index (χ4v) is 3.30. The first-order chi connectivity index (χ1) is 15.0. The molecule has 2 N–H and O–H groups in total. The molecule has 31 heavy (non-hydrogen) atoms. The van der Waals surface area contributed by atoms with Crippen LogP contribution in [0.2, 0.25) is 0 Å². The Labute approximate surface area is 177 Å². The first kappa shape index (κ1) is 20.0. The van der Waals surface area contributed by atoms with Crippen LogP contribution >= 0.6 is 0 Å². The molecule has 8 heteroatoms. The lowest BCUT2D eigenvalue weighted by Gasteiger charge is -2.15. The number of ether oxygens (including phenoxy) is 2. The van der Waals surface area contributed by atoms with Gasteiger partial charge >= 0.3 is 0 Å². The Balaban J connectivity index is 1.89. The molecule has 156 valence electrons. The molecular weight excluding hydrogens is 398 g/mol. The van der Waals surface area contributed by atoms with E-state index in [4.69, 9.17) is 9.47 Å². The maximum atomic E-state index is 13.3. The Morgan fingerprint density at radius 1 is 1.00 bits per heavy atom. The van der Waals surface area contributed by atoms with Crippen molar-refractivity contribution >= 4 is 22.6 Å². The lowest BCUT2D eigenvalue weighted by Crippen LogP contribution is -2.29. The lowest BCUT2D eigenvalue weighted by atomic mass is 10.1. The summed E-state index contributed by atoms with van der Waals surface area (Å²) in [7, 11) is 2.97. The molecule has 2 heterocycles. The van der Waals surface area contributed by atoms with Gasteiger partial charge in [0.15, 0.2) is 5.65 Å². The Hall–Kier alpha value is -4.33. The lowest BCUT2D eigenvalue weighted by molar-refractivity contribution is 0.102. The van der Waals surface area contributed by atoms with Gasteiger partial charge in [-0.2, -0.15) is 0 Å². The molecule has 0 saturated carbocycles. The minimum absolute atomic E-state index is 0.246. The van der Waals surface area contributed by atoms with Gasteiger partial charge in [0.2, 0.25) is 0 Å². The first-order valence-electron chi connectivity index (χ1n) is 9.36. The zero-order valence-corrected chi connectivity index (χ0v) is 16.8. The van der Waals surface area contributed by atoms with Gasteiger partial charge in [0.05, 0.1) is 25.3 Å². The molecule has 0 bridgehead atoms. The number of aromatic hydroxyl groups is 1. The van der Waals surface area contributed by atoms with E-state index < -0.39 is 22.8 Å². The zero-order chi connectivity index (χ0) is 22.0. The zero-order valence-electron chi connectivity index (χ0n) is 16.8. The molecule has 2 aromatic heterocycles. The van der Waals surface area contributed by atoms with Gasteiger partial charge in [0.25, 0.3) is 11.5 Å². The standard InChI is InChI=1S/C23H19N3O5/c1-30-16-11-14(12-17(13-16)31-2)25-22(28)19-20(27)18-9-6-10-24-21(18)26(23(19)29)15-7-4-3-5-8-15/h3-13,27H,1-2H3,(H,25,28). The van der Waals surface area contributed by atoms with Crippen molar-refractivity contribution in [3.05, 3.63) is 82.8 Å². The van der Waals surface area contributed by atoms with E-state index in [0.717, 1.165) is 0 Å². The summed E-state index contributed by atoms with van der Waals surface area (Å²) in [6.45, 7) is 0. The Kier molecular flexibility index (Phi) is 5.28. The summed E-state index contributed by atoms with van der Waals surface area (Å²) in [5, 5.41) is 13.7. The van der Waals surface area contributed by atoms with Crippen molar-refractivity contribution in [3.63, 3.8) is 0 Å². The summed E-state index contributed by atoms with van der Waals surface area (Å²) in [5.74, 6) is -0.285. The van der Waals surface area contributed by atoms with Crippen LogP contribution in [0.1, 0.15) is 10.4 Å². The van der Waals surface area contributed by atoms with E-state index in [1.807, 2.05) is 6.07 Å². The highest BCUT2D eigenvalue weighted by atomic mass is 16.5. The second-order valence-corrected chi connectivity index (χ2v) is 6.63. The third-order valence-corrected chi connectivity index (χ3v) is 4.76. The van der Waals surface area contributed by atoms with Crippen molar-refractivity contribution < 1.29 is 19.4 Å². The van der Waals surface area contributed by atoms with E-state index >= 15 is 0 Å². The average molecular weight is 417 g/mol. The van der Waals surface area contributed by atoms with Crippen LogP contribution in [0.25, 0.3) is 16.7 Å². The highest BCUT2D eigenvalue weighted by Crippen LogP contribution is 2.29. The van der Waals surface area contributed by atoms with Crippen LogP contribution in [0.4, 0.5) is 5.69 Å². The van der Waals surface area contributed by atoms with Gasteiger partial charge < -0.3 is 19.9 Å². The molecule has 4 rings (SSSR count). The summed E-state index contributed by atoms with van der Waals surface area (Å²) < 4.78 is 11.7. The third-order valence-electron chi connectivity index (χ3n) is 4.76. The van der Waals surface area contributed by atoms with Crippen LogP contribution < -0.4 is 20.3 Å². The topological polar surface area (TPSA) is 103 Å². The van der Waals surface area contributed by atoms with Crippen LogP contribution in [0, 0.1) is 0 Å². The van der Waals surface area contributed by atoms with Gasteiger partial charge in [-0.1, -0.05) is 18.2 Å². The van der Waals surface area contributed by atoms with Gasteiger partial charge in [-0.25, -0.2) is 4.98 Å². The Morgan fingerprint density at radius 2 is 1.68 bits per heavy atom. The number of carbonyl (C=O) groups is 1. The van der Waals surface area contributed by atoms with E-state index in [1.54, 1.807) is 54.6 Å². The number of carbonyl (C=O) groups excluding carboxylic acids is 1. The largest absolute Gasteiger partial charge is 0.506 e. The number of hydrogen-bond donors (Lipinski definition) is 2. The number of anilines is 1. The summed E-state index contributed by atoms with van der Waals surface area (Å²) in [6.07, 6.45) is 1.52. The van der Waals surface area contributed by atoms with Crippen LogP contribution in [-0.4, -0.2) is 34.8 Å². The summed E-state index contributed by atoms with van der Waals surface area (Å²) >= 11 is 0. The first-order valence-corrected chi connectivity index (χ1v) is 9.36. The van der Waals surface area contributed by atoms with E-state index in [2.05, 4.69) is 10.3 Å². The van der Waals surface area contributed by atoms with Crippen molar-refractivity contribution in [2.45, 2.75) is 0 Å². The van der Waals surface area contributed by atoms with Crippen LogP contribution in [0.5, 0.6) is 17.2 Å². The van der Waals surface area contributed by atoms with Gasteiger partial charge in [-0.3, -0.25) is 14.2 Å².